The van der Waals surface area contributed by atoms with Gasteiger partial charge >= 0.3 is 18.0 Å². The Labute approximate surface area is 342 Å². The first-order valence-corrected chi connectivity index (χ1v) is 19.3. The fourth-order valence-corrected chi connectivity index (χ4v) is 5.92. The Hall–Kier alpha value is -6.17. The predicted molar refractivity (Wildman–Crippen MR) is 218 cm³/mol. The number of esters is 2. The zero-order valence-electron chi connectivity index (χ0n) is 33.6. The third-order valence-corrected chi connectivity index (χ3v) is 9.64. The maximum atomic E-state index is 14.1. The summed E-state index contributed by atoms with van der Waals surface area (Å²) in [5.41, 5.74) is 7.04. The van der Waals surface area contributed by atoms with Crippen LogP contribution in [0.5, 0.6) is 5.75 Å². The summed E-state index contributed by atoms with van der Waals surface area (Å²) in [7, 11) is 1.43. The minimum Gasteiger partial charge on any atom is -0.496 e. The number of benzene rings is 2. The van der Waals surface area contributed by atoms with Gasteiger partial charge in [-0.25, -0.2) is 14.6 Å². The van der Waals surface area contributed by atoms with Crippen LogP contribution in [-0.2, 0) is 23.7 Å². The summed E-state index contributed by atoms with van der Waals surface area (Å²) < 4.78 is 26.9. The Bertz CT molecular complexity index is 2050. The Morgan fingerprint density at radius 3 is 2.36 bits per heavy atom. The highest BCUT2D eigenvalue weighted by Crippen LogP contribution is 2.35. The van der Waals surface area contributed by atoms with Crippen molar-refractivity contribution >= 4 is 47.4 Å². The molecule has 2 aliphatic rings. The monoisotopic (exact) mass is 813 g/mol. The van der Waals surface area contributed by atoms with Gasteiger partial charge in [0.15, 0.2) is 5.69 Å². The van der Waals surface area contributed by atoms with Crippen molar-refractivity contribution in [1.82, 2.24) is 20.5 Å². The summed E-state index contributed by atoms with van der Waals surface area (Å²) in [4.78, 5) is 72.5. The van der Waals surface area contributed by atoms with Crippen LogP contribution in [0.15, 0.2) is 55.1 Å². The van der Waals surface area contributed by atoms with E-state index in [-0.39, 0.29) is 46.4 Å². The van der Waals surface area contributed by atoms with Crippen molar-refractivity contribution in [2.24, 2.45) is 17.6 Å². The van der Waals surface area contributed by atoms with E-state index in [2.05, 4.69) is 32.4 Å². The number of amides is 3. The van der Waals surface area contributed by atoms with Gasteiger partial charge in [-0.15, -0.1) is 0 Å². The van der Waals surface area contributed by atoms with E-state index < -0.39 is 42.2 Å². The molecule has 1 saturated carbocycles. The topological polar surface area (TPSA) is 234 Å². The number of hydrogen-bond donors (Lipinski definition) is 5. The summed E-state index contributed by atoms with van der Waals surface area (Å²) >= 11 is 0. The SMILES string of the molecule is C=Cc1cc(C(=O)Nc2ccc(C(=N)NC(=O)OCCN3CCOCC3)cc2)c(-c2ccc(C(=O)NCC3CC3)nc2C(=O)OC(C)OC(=O)[C@@H](N)C(C)C)cc1OC. The molecule has 17 heteroatoms. The standard InChI is InChI=1S/C42H51N7O10/c1-6-27-21-32(38(50)46-29-11-9-28(10-12-29)37(44)48-42(54)57-20-17-49-15-18-56-19-16-49)31(22-34(27)55-5)30-13-14-33(39(51)45-23-26-7-8-26)47-36(30)41(53)59-25(4)58-40(52)35(43)24(2)3/h6,9-14,21-22,24-26,35H,1,7-8,15-20,23,43H2,2-5H3,(H,45,51)(H,46,50)(H2,44,48,54)/t25?,35-/m0/s1. The summed E-state index contributed by atoms with van der Waals surface area (Å²) in [6, 6.07) is 11.2. The molecule has 0 radical (unpaired) electrons. The number of aromatic nitrogens is 1. The normalized spacial score (nSPS) is 14.9. The molecular weight excluding hydrogens is 763 g/mol. The molecule has 1 aromatic heterocycles. The van der Waals surface area contributed by atoms with Crippen LogP contribution in [0, 0.1) is 17.2 Å². The molecule has 0 bridgehead atoms. The number of nitrogens with one attached hydrogen (secondary N) is 4. The van der Waals surface area contributed by atoms with E-state index in [1.54, 1.807) is 38.1 Å². The summed E-state index contributed by atoms with van der Waals surface area (Å²) in [5, 5.41) is 16.4. The molecule has 17 nitrogen and oxygen atoms in total. The number of ether oxygens (including phenoxy) is 5. The van der Waals surface area contributed by atoms with Crippen LogP contribution in [0.2, 0.25) is 0 Å². The lowest BCUT2D eigenvalue weighted by Crippen LogP contribution is -2.39. The number of nitrogens with zero attached hydrogens (tertiary/aromatic N) is 2. The molecule has 2 fully saturated rings. The molecule has 3 amide bonds. The van der Waals surface area contributed by atoms with E-state index in [0.29, 0.717) is 54.8 Å². The molecule has 314 valence electrons. The molecule has 5 rings (SSSR count). The van der Waals surface area contributed by atoms with Gasteiger partial charge in [0.25, 0.3) is 11.8 Å². The van der Waals surface area contributed by atoms with Crippen LogP contribution < -0.4 is 26.4 Å². The summed E-state index contributed by atoms with van der Waals surface area (Å²) in [6.07, 6.45) is 1.37. The molecule has 1 aliphatic carbocycles. The molecule has 1 unspecified atom stereocenters. The van der Waals surface area contributed by atoms with E-state index in [9.17, 15) is 24.0 Å². The smallest absolute Gasteiger partial charge is 0.412 e. The number of morpholine rings is 1. The van der Waals surface area contributed by atoms with Crippen LogP contribution >= 0.6 is 0 Å². The van der Waals surface area contributed by atoms with E-state index >= 15 is 0 Å². The average molecular weight is 814 g/mol. The van der Waals surface area contributed by atoms with Crippen molar-refractivity contribution in [1.29, 1.82) is 5.41 Å². The fraction of sp³-hybridized carbons (Fsp3) is 0.405. The first-order valence-electron chi connectivity index (χ1n) is 19.3. The van der Waals surface area contributed by atoms with Gasteiger partial charge in [0.2, 0.25) is 6.29 Å². The number of hydrogen-bond acceptors (Lipinski definition) is 14. The number of amidine groups is 1. The number of anilines is 1. The van der Waals surface area contributed by atoms with E-state index in [0.717, 1.165) is 25.9 Å². The Morgan fingerprint density at radius 2 is 1.71 bits per heavy atom. The molecule has 3 aromatic rings. The van der Waals surface area contributed by atoms with Crippen molar-refractivity contribution in [2.75, 3.05) is 58.4 Å². The van der Waals surface area contributed by atoms with Crippen LogP contribution in [-0.4, -0.2) is 111 Å². The second kappa shape index (κ2) is 20.5. The summed E-state index contributed by atoms with van der Waals surface area (Å²) in [6.45, 7) is 12.6. The number of pyridine rings is 1. The van der Waals surface area contributed by atoms with Crippen molar-refractivity contribution in [3.63, 3.8) is 0 Å². The van der Waals surface area contributed by atoms with E-state index in [4.69, 9.17) is 34.8 Å². The molecule has 2 heterocycles. The summed E-state index contributed by atoms with van der Waals surface area (Å²) in [5.74, 6) is -2.67. The molecule has 59 heavy (non-hydrogen) atoms. The largest absolute Gasteiger partial charge is 0.496 e. The minimum atomic E-state index is -1.38. The van der Waals surface area contributed by atoms with Crippen LogP contribution in [0.3, 0.4) is 0 Å². The fourth-order valence-electron chi connectivity index (χ4n) is 5.92. The Morgan fingerprint density at radius 1 is 1.00 bits per heavy atom. The molecule has 1 saturated heterocycles. The third kappa shape index (κ3) is 12.2. The zero-order valence-corrected chi connectivity index (χ0v) is 33.6. The van der Waals surface area contributed by atoms with E-state index in [1.807, 2.05) is 0 Å². The maximum absolute atomic E-state index is 14.1. The first kappa shape index (κ1) is 43.9. The maximum Gasteiger partial charge on any atom is 0.412 e. The van der Waals surface area contributed by atoms with Gasteiger partial charge < -0.3 is 40.1 Å². The highest BCUT2D eigenvalue weighted by atomic mass is 16.7. The van der Waals surface area contributed by atoms with Gasteiger partial charge in [0.1, 0.15) is 29.9 Å². The highest BCUT2D eigenvalue weighted by molar-refractivity contribution is 6.11. The molecule has 2 aromatic carbocycles. The number of carbonyl (C=O) groups is 5. The number of rotatable bonds is 17. The molecular formula is C42H51N7O10. The lowest BCUT2D eigenvalue weighted by Gasteiger charge is -2.26. The quantitative estimate of drug-likeness (QED) is 0.0557. The molecule has 2 atom stereocenters. The molecule has 0 spiro atoms. The van der Waals surface area contributed by atoms with E-state index in [1.165, 1.54) is 44.4 Å². The van der Waals surface area contributed by atoms with Gasteiger partial charge in [0, 0.05) is 66.6 Å². The predicted octanol–water partition coefficient (Wildman–Crippen LogP) is 4.21. The van der Waals surface area contributed by atoms with Crippen molar-refractivity contribution in [3.05, 3.63) is 83.2 Å². The van der Waals surface area contributed by atoms with Gasteiger partial charge in [-0.2, -0.15) is 0 Å². The Balaban J connectivity index is 1.38. The van der Waals surface area contributed by atoms with Gasteiger partial charge in [-0.3, -0.25) is 30.0 Å². The molecule has 6 N–H and O–H groups in total. The zero-order chi connectivity index (χ0) is 42.6. The van der Waals surface area contributed by atoms with Gasteiger partial charge in [-0.05, 0) is 73.2 Å². The average Bonchev–Trinajstić information content (AvgIpc) is 4.07. The lowest BCUT2D eigenvalue weighted by molar-refractivity contribution is -0.168. The van der Waals surface area contributed by atoms with Gasteiger partial charge in [0.05, 0.1) is 20.3 Å². The lowest BCUT2D eigenvalue weighted by atomic mass is 9.94. The highest BCUT2D eigenvalue weighted by Gasteiger charge is 2.29. The number of nitrogens with two attached hydrogens (primary N) is 1. The van der Waals surface area contributed by atoms with Crippen molar-refractivity contribution < 1.29 is 47.7 Å². The number of methoxy groups -OCH3 is 1. The second-order valence-corrected chi connectivity index (χ2v) is 14.4. The van der Waals surface area contributed by atoms with Crippen molar-refractivity contribution in [2.45, 2.75) is 45.9 Å². The van der Waals surface area contributed by atoms with Crippen LogP contribution in [0.1, 0.15) is 76.1 Å². The number of alkyl carbamates (subject to hydrolysis) is 1. The molecule has 1 aliphatic heterocycles. The minimum absolute atomic E-state index is 0.0724. The van der Waals surface area contributed by atoms with Crippen LogP contribution in [0.25, 0.3) is 17.2 Å². The van der Waals surface area contributed by atoms with Gasteiger partial charge in [-0.1, -0.05) is 26.5 Å². The van der Waals surface area contributed by atoms with Crippen molar-refractivity contribution in [3.8, 4) is 16.9 Å². The number of carbonyl (C=O) groups excluding carboxylic acids is 5. The van der Waals surface area contributed by atoms with Crippen LogP contribution in [0.4, 0.5) is 10.5 Å². The first-order chi connectivity index (χ1) is 28.3. The Kier molecular flexibility index (Phi) is 15.3. The second-order valence-electron chi connectivity index (χ2n) is 14.4. The third-order valence-electron chi connectivity index (χ3n) is 9.64.